The van der Waals surface area contributed by atoms with E-state index < -0.39 is 0 Å². The van der Waals surface area contributed by atoms with E-state index in [2.05, 4.69) is 36.1 Å². The first-order valence-electron chi connectivity index (χ1n) is 5.21. The highest BCUT2D eigenvalue weighted by Gasteiger charge is 2.24. The number of hydrogen-bond donors (Lipinski definition) is 1. The van der Waals surface area contributed by atoms with Crippen molar-refractivity contribution in [2.45, 2.75) is 25.4 Å². The summed E-state index contributed by atoms with van der Waals surface area (Å²) >= 11 is 0. The van der Waals surface area contributed by atoms with E-state index in [0.29, 0.717) is 12.1 Å². The molecule has 0 bridgehead atoms. The zero-order chi connectivity index (χ0) is 9.84. The Bertz CT molecular complexity index is 149. The van der Waals surface area contributed by atoms with Gasteiger partial charge in [-0.3, -0.25) is 0 Å². The molecule has 1 fully saturated rings. The zero-order valence-corrected chi connectivity index (χ0v) is 9.38. The molecular formula is C10H23N3. The van der Waals surface area contributed by atoms with E-state index in [1.807, 2.05) is 7.05 Å². The molecule has 0 saturated carbocycles. The number of nitrogens with zero attached hydrogens (tertiary/aromatic N) is 2. The fraction of sp³-hybridized carbons (Fsp3) is 1.00. The molecule has 0 aromatic heterocycles. The van der Waals surface area contributed by atoms with Crippen LogP contribution in [0.5, 0.6) is 0 Å². The molecule has 1 heterocycles. The summed E-state index contributed by atoms with van der Waals surface area (Å²) in [6.07, 6.45) is 1.29. The molecule has 0 aromatic rings. The van der Waals surface area contributed by atoms with Gasteiger partial charge in [0.15, 0.2) is 0 Å². The van der Waals surface area contributed by atoms with Gasteiger partial charge < -0.3 is 15.1 Å². The van der Waals surface area contributed by atoms with Crippen molar-refractivity contribution in [1.29, 1.82) is 0 Å². The van der Waals surface area contributed by atoms with Crippen molar-refractivity contribution in [2.75, 3.05) is 40.8 Å². The summed E-state index contributed by atoms with van der Waals surface area (Å²) in [5.41, 5.74) is 0. The van der Waals surface area contributed by atoms with E-state index in [0.717, 1.165) is 0 Å². The molecule has 0 spiro atoms. The average molecular weight is 185 g/mol. The number of likely N-dealkylation sites (N-methyl/N-ethyl adjacent to an activating group) is 3. The van der Waals surface area contributed by atoms with Crippen molar-refractivity contribution < 1.29 is 0 Å². The molecule has 13 heavy (non-hydrogen) atoms. The maximum atomic E-state index is 3.35. The lowest BCUT2D eigenvalue weighted by molar-refractivity contribution is 0.189. The summed E-state index contributed by atoms with van der Waals surface area (Å²) in [6.45, 7) is 5.90. The molecule has 0 radical (unpaired) electrons. The van der Waals surface area contributed by atoms with Crippen LogP contribution in [0.25, 0.3) is 0 Å². The van der Waals surface area contributed by atoms with Crippen molar-refractivity contribution in [3.63, 3.8) is 0 Å². The Balaban J connectivity index is 2.56. The summed E-state index contributed by atoms with van der Waals surface area (Å²) in [5.74, 6) is 0. The van der Waals surface area contributed by atoms with E-state index in [1.165, 1.54) is 26.1 Å². The van der Waals surface area contributed by atoms with Crippen molar-refractivity contribution in [3.05, 3.63) is 0 Å². The van der Waals surface area contributed by atoms with Crippen LogP contribution in [0.15, 0.2) is 0 Å². The maximum Gasteiger partial charge on any atom is 0.0370 e. The van der Waals surface area contributed by atoms with Crippen molar-refractivity contribution in [3.8, 4) is 0 Å². The SMILES string of the molecule is CNC(C)C1CN(C)CCCN1C. The molecule has 1 aliphatic heterocycles. The van der Waals surface area contributed by atoms with Crippen LogP contribution in [0.4, 0.5) is 0 Å². The molecule has 0 amide bonds. The first-order valence-corrected chi connectivity index (χ1v) is 5.21. The molecule has 0 aliphatic carbocycles. The summed E-state index contributed by atoms with van der Waals surface area (Å²) in [5, 5.41) is 3.35. The highest BCUT2D eigenvalue weighted by molar-refractivity contribution is 4.83. The first kappa shape index (κ1) is 11.0. The van der Waals surface area contributed by atoms with Crippen LogP contribution >= 0.6 is 0 Å². The van der Waals surface area contributed by atoms with Gasteiger partial charge in [0.1, 0.15) is 0 Å². The highest BCUT2D eigenvalue weighted by Crippen LogP contribution is 2.09. The van der Waals surface area contributed by atoms with E-state index in [4.69, 9.17) is 0 Å². The quantitative estimate of drug-likeness (QED) is 0.664. The Hall–Kier alpha value is -0.120. The third kappa shape index (κ3) is 2.93. The molecule has 78 valence electrons. The lowest BCUT2D eigenvalue weighted by Gasteiger charge is -2.32. The molecule has 2 atom stereocenters. The third-order valence-electron chi connectivity index (χ3n) is 3.15. The number of hydrogen-bond acceptors (Lipinski definition) is 3. The molecule has 1 saturated heterocycles. The second-order valence-corrected chi connectivity index (χ2v) is 4.24. The van der Waals surface area contributed by atoms with E-state index in [9.17, 15) is 0 Å². The van der Waals surface area contributed by atoms with Gasteiger partial charge in [-0.1, -0.05) is 0 Å². The predicted octanol–water partition coefficient (Wildman–Crippen LogP) is 0.230. The second-order valence-electron chi connectivity index (χ2n) is 4.24. The summed E-state index contributed by atoms with van der Waals surface area (Å²) in [7, 11) is 6.50. The topological polar surface area (TPSA) is 18.5 Å². The Morgan fingerprint density at radius 2 is 2.00 bits per heavy atom. The third-order valence-corrected chi connectivity index (χ3v) is 3.15. The van der Waals surface area contributed by atoms with Gasteiger partial charge in [-0.25, -0.2) is 0 Å². The predicted molar refractivity (Wildman–Crippen MR) is 57.1 cm³/mol. The maximum absolute atomic E-state index is 3.35. The van der Waals surface area contributed by atoms with Crippen LogP contribution in [0.3, 0.4) is 0 Å². The molecule has 2 unspecified atom stereocenters. The fourth-order valence-corrected chi connectivity index (χ4v) is 2.04. The van der Waals surface area contributed by atoms with Crippen molar-refractivity contribution >= 4 is 0 Å². The van der Waals surface area contributed by atoms with Gasteiger partial charge in [-0.05, 0) is 47.6 Å². The molecular weight excluding hydrogens is 162 g/mol. The van der Waals surface area contributed by atoms with Gasteiger partial charge in [0.05, 0.1) is 0 Å². The molecule has 1 aliphatic rings. The zero-order valence-electron chi connectivity index (χ0n) is 9.38. The standard InChI is InChI=1S/C10H23N3/c1-9(11-2)10-8-12(3)6-5-7-13(10)4/h9-11H,5-8H2,1-4H3. The fourth-order valence-electron chi connectivity index (χ4n) is 2.04. The Morgan fingerprint density at radius 1 is 1.31 bits per heavy atom. The first-order chi connectivity index (χ1) is 6.15. The van der Waals surface area contributed by atoms with Crippen molar-refractivity contribution in [1.82, 2.24) is 15.1 Å². The van der Waals surface area contributed by atoms with Gasteiger partial charge in [-0.2, -0.15) is 0 Å². The number of nitrogens with one attached hydrogen (secondary N) is 1. The molecule has 3 heteroatoms. The Labute approximate surface area is 82.1 Å². The summed E-state index contributed by atoms with van der Waals surface area (Å²) in [4.78, 5) is 4.91. The molecule has 1 rings (SSSR count). The molecule has 0 aromatic carbocycles. The van der Waals surface area contributed by atoms with Crippen LogP contribution in [-0.2, 0) is 0 Å². The van der Waals surface area contributed by atoms with Gasteiger partial charge in [0, 0.05) is 18.6 Å². The van der Waals surface area contributed by atoms with Gasteiger partial charge in [0.25, 0.3) is 0 Å². The number of rotatable bonds is 2. The van der Waals surface area contributed by atoms with Crippen LogP contribution in [0.2, 0.25) is 0 Å². The average Bonchev–Trinajstić information content (AvgIpc) is 2.27. The van der Waals surface area contributed by atoms with Gasteiger partial charge in [-0.15, -0.1) is 0 Å². The van der Waals surface area contributed by atoms with Crippen LogP contribution in [0.1, 0.15) is 13.3 Å². The van der Waals surface area contributed by atoms with E-state index in [1.54, 1.807) is 0 Å². The molecule has 1 N–H and O–H groups in total. The lowest BCUT2D eigenvalue weighted by atomic mass is 10.1. The Kier molecular flexibility index (Phi) is 4.16. The monoisotopic (exact) mass is 185 g/mol. The molecule has 3 nitrogen and oxygen atoms in total. The largest absolute Gasteiger partial charge is 0.316 e. The normalized spacial score (nSPS) is 30.0. The lowest BCUT2D eigenvalue weighted by Crippen LogP contribution is -2.49. The minimum absolute atomic E-state index is 0.575. The van der Waals surface area contributed by atoms with Crippen LogP contribution in [0, 0.1) is 0 Å². The minimum Gasteiger partial charge on any atom is -0.316 e. The Morgan fingerprint density at radius 3 is 2.62 bits per heavy atom. The smallest absolute Gasteiger partial charge is 0.0370 e. The van der Waals surface area contributed by atoms with Gasteiger partial charge in [0.2, 0.25) is 0 Å². The summed E-state index contributed by atoms with van der Waals surface area (Å²) in [6, 6.07) is 1.23. The van der Waals surface area contributed by atoms with Crippen molar-refractivity contribution in [2.24, 2.45) is 0 Å². The van der Waals surface area contributed by atoms with E-state index in [-0.39, 0.29) is 0 Å². The summed E-state index contributed by atoms with van der Waals surface area (Å²) < 4.78 is 0. The second kappa shape index (κ2) is 4.94. The van der Waals surface area contributed by atoms with Gasteiger partial charge >= 0.3 is 0 Å². The van der Waals surface area contributed by atoms with Crippen LogP contribution < -0.4 is 5.32 Å². The highest BCUT2D eigenvalue weighted by atomic mass is 15.2. The minimum atomic E-state index is 0.575. The van der Waals surface area contributed by atoms with Crippen LogP contribution in [-0.4, -0.2) is 62.7 Å². The van der Waals surface area contributed by atoms with E-state index >= 15 is 0 Å².